The molecule has 0 fully saturated rings. The molecule has 13 aromatic rings. The van der Waals surface area contributed by atoms with Crippen molar-refractivity contribution in [2.75, 3.05) is 4.90 Å². The lowest BCUT2D eigenvalue weighted by molar-refractivity contribution is 1.17. The Balaban J connectivity index is 1.09. The van der Waals surface area contributed by atoms with Gasteiger partial charge in [-0.3, -0.25) is 0 Å². The number of anilines is 3. The largest absolute Gasteiger partial charge is 0.310 e. The van der Waals surface area contributed by atoms with Crippen LogP contribution in [0.25, 0.3) is 93.6 Å². The molecule has 0 amide bonds. The lowest BCUT2D eigenvalue weighted by atomic mass is 9.99. The van der Waals surface area contributed by atoms with Gasteiger partial charge in [0.15, 0.2) is 0 Å². The van der Waals surface area contributed by atoms with Crippen LogP contribution in [-0.2, 0) is 0 Å². The second-order valence-electron chi connectivity index (χ2n) is 16.6. The van der Waals surface area contributed by atoms with E-state index in [0.717, 1.165) is 56.3 Å². The molecule has 0 saturated carbocycles. The fourth-order valence-corrected chi connectivity index (χ4v) is 10.2. The van der Waals surface area contributed by atoms with Gasteiger partial charge in [-0.25, -0.2) is 0 Å². The summed E-state index contributed by atoms with van der Waals surface area (Å²) in [7, 11) is 0. The molecule has 3 aromatic heterocycles. The zero-order chi connectivity index (χ0) is 42.1. The Morgan fingerprint density at radius 3 is 1.05 bits per heavy atom. The molecule has 4 nitrogen and oxygen atoms in total. The molecule has 0 unspecified atom stereocenters. The van der Waals surface area contributed by atoms with Crippen LogP contribution in [0.5, 0.6) is 0 Å². The highest BCUT2D eigenvalue weighted by atomic mass is 15.2. The van der Waals surface area contributed by atoms with Crippen molar-refractivity contribution in [1.29, 1.82) is 0 Å². The number of para-hydroxylation sites is 7. The Morgan fingerprint density at radius 2 is 0.594 bits per heavy atom. The average molecular weight is 817 g/mol. The van der Waals surface area contributed by atoms with Gasteiger partial charge in [0, 0.05) is 66.3 Å². The Kier molecular flexibility index (Phi) is 8.18. The predicted octanol–water partition coefficient (Wildman–Crippen LogP) is 16.1. The Morgan fingerprint density at radius 1 is 0.250 bits per heavy atom. The van der Waals surface area contributed by atoms with Crippen molar-refractivity contribution in [3.8, 4) is 28.2 Å². The van der Waals surface area contributed by atoms with Gasteiger partial charge in [0.2, 0.25) is 0 Å². The monoisotopic (exact) mass is 816 g/mol. The van der Waals surface area contributed by atoms with E-state index in [1.807, 2.05) is 0 Å². The van der Waals surface area contributed by atoms with E-state index in [1.165, 1.54) is 54.4 Å². The molecular formula is C60H40N4. The quantitative estimate of drug-likeness (QED) is 0.157. The van der Waals surface area contributed by atoms with Gasteiger partial charge in [-0.2, -0.15) is 0 Å². The Bertz CT molecular complexity index is 3740. The van der Waals surface area contributed by atoms with Crippen LogP contribution in [0.3, 0.4) is 0 Å². The van der Waals surface area contributed by atoms with Gasteiger partial charge in [-0.05, 0) is 96.6 Å². The van der Waals surface area contributed by atoms with Crippen LogP contribution < -0.4 is 4.90 Å². The van der Waals surface area contributed by atoms with Crippen LogP contribution in [0.4, 0.5) is 17.1 Å². The van der Waals surface area contributed by atoms with E-state index in [2.05, 4.69) is 261 Å². The van der Waals surface area contributed by atoms with Crippen molar-refractivity contribution < 1.29 is 0 Å². The van der Waals surface area contributed by atoms with Gasteiger partial charge in [-0.1, -0.05) is 152 Å². The third-order valence-electron chi connectivity index (χ3n) is 13.0. The summed E-state index contributed by atoms with van der Waals surface area (Å²) in [6, 6.07) is 88.3. The van der Waals surface area contributed by atoms with E-state index in [9.17, 15) is 0 Å². The average Bonchev–Trinajstić information content (AvgIpc) is 4.00. The number of hydrogen-bond acceptors (Lipinski definition) is 1. The van der Waals surface area contributed by atoms with Gasteiger partial charge in [-0.15, -0.1) is 0 Å². The van der Waals surface area contributed by atoms with E-state index in [0.29, 0.717) is 0 Å². The van der Waals surface area contributed by atoms with Crippen molar-refractivity contribution in [1.82, 2.24) is 13.7 Å². The first-order chi connectivity index (χ1) is 31.8. The first-order valence-corrected chi connectivity index (χ1v) is 21.9. The van der Waals surface area contributed by atoms with E-state index in [1.54, 1.807) is 0 Å². The molecule has 0 N–H and O–H groups in total. The summed E-state index contributed by atoms with van der Waals surface area (Å²) in [6.07, 6.45) is 0. The van der Waals surface area contributed by atoms with E-state index in [4.69, 9.17) is 0 Å². The maximum Gasteiger partial charge on any atom is 0.0561 e. The summed E-state index contributed by atoms with van der Waals surface area (Å²) in [6.45, 7) is 0. The predicted molar refractivity (Wildman–Crippen MR) is 270 cm³/mol. The van der Waals surface area contributed by atoms with Crippen LogP contribution in [0, 0.1) is 0 Å². The fraction of sp³-hybridized carbons (Fsp3) is 0. The Hall–Kier alpha value is -8.60. The SMILES string of the molecule is c1ccc(-n2c3ccccc3c3ccc(-c4ccccc4N(c4ccc5c6ccccc6n(-c6ccccc6)c5c4)c4ccc5c6ccccc6n(-c6ccccc6)c5c4)cc32)cc1. The molecule has 0 radical (unpaired) electrons. The molecule has 0 aliphatic heterocycles. The molecule has 0 aliphatic rings. The van der Waals surface area contributed by atoms with Crippen LogP contribution >= 0.6 is 0 Å². The zero-order valence-corrected chi connectivity index (χ0v) is 34.9. The number of benzene rings is 10. The minimum absolute atomic E-state index is 1.07. The zero-order valence-electron chi connectivity index (χ0n) is 34.9. The standard InChI is InChI=1S/C60H40N4/c1-4-18-42(19-5-1)62-55-29-15-11-25-48(55)51-35-32-41(38-58(51)62)47-24-10-14-28-54(47)61(45-33-36-52-49-26-12-16-30-56(49)63(59(52)39-45)43-20-6-2-7-21-43)46-34-37-53-50-27-13-17-31-57(50)64(60(53)40-46)44-22-8-3-9-23-44/h1-40H. The molecule has 300 valence electrons. The number of hydrogen-bond donors (Lipinski definition) is 0. The number of aromatic nitrogens is 3. The summed E-state index contributed by atoms with van der Waals surface area (Å²) < 4.78 is 7.22. The smallest absolute Gasteiger partial charge is 0.0561 e. The molecule has 0 bridgehead atoms. The summed E-state index contributed by atoms with van der Waals surface area (Å²) in [5.41, 5.74) is 16.0. The van der Waals surface area contributed by atoms with Gasteiger partial charge in [0.25, 0.3) is 0 Å². The third kappa shape index (κ3) is 5.56. The molecule has 0 saturated heterocycles. The van der Waals surface area contributed by atoms with Crippen molar-refractivity contribution in [2.45, 2.75) is 0 Å². The molecular weight excluding hydrogens is 777 g/mol. The van der Waals surface area contributed by atoms with Crippen molar-refractivity contribution in [2.24, 2.45) is 0 Å². The topological polar surface area (TPSA) is 18.0 Å². The Labute approximate surface area is 370 Å². The lowest BCUT2D eigenvalue weighted by Gasteiger charge is -2.28. The van der Waals surface area contributed by atoms with Crippen LogP contribution in [0.2, 0.25) is 0 Å². The van der Waals surface area contributed by atoms with Gasteiger partial charge in [0.1, 0.15) is 0 Å². The normalized spacial score (nSPS) is 11.8. The first-order valence-electron chi connectivity index (χ1n) is 21.9. The number of fused-ring (bicyclic) bond motifs is 9. The van der Waals surface area contributed by atoms with Gasteiger partial charge in [0.05, 0.1) is 38.8 Å². The number of rotatable bonds is 7. The first kappa shape index (κ1) is 36.1. The molecule has 0 atom stereocenters. The molecule has 10 aromatic carbocycles. The lowest BCUT2D eigenvalue weighted by Crippen LogP contribution is -2.11. The fourth-order valence-electron chi connectivity index (χ4n) is 10.2. The van der Waals surface area contributed by atoms with Crippen LogP contribution in [0.15, 0.2) is 243 Å². The molecule has 3 heterocycles. The summed E-state index contributed by atoms with van der Waals surface area (Å²) >= 11 is 0. The highest BCUT2D eigenvalue weighted by Crippen LogP contribution is 2.46. The van der Waals surface area contributed by atoms with Crippen molar-refractivity contribution in [3.63, 3.8) is 0 Å². The van der Waals surface area contributed by atoms with Crippen LogP contribution in [-0.4, -0.2) is 13.7 Å². The van der Waals surface area contributed by atoms with E-state index < -0.39 is 0 Å². The molecule has 64 heavy (non-hydrogen) atoms. The van der Waals surface area contributed by atoms with E-state index >= 15 is 0 Å². The van der Waals surface area contributed by atoms with Crippen molar-refractivity contribution >= 4 is 82.5 Å². The summed E-state index contributed by atoms with van der Waals surface area (Å²) in [5.74, 6) is 0. The van der Waals surface area contributed by atoms with Crippen molar-refractivity contribution in [3.05, 3.63) is 243 Å². The van der Waals surface area contributed by atoms with Gasteiger partial charge >= 0.3 is 0 Å². The summed E-state index contributed by atoms with van der Waals surface area (Å²) in [4.78, 5) is 2.46. The molecule has 4 heteroatoms. The third-order valence-corrected chi connectivity index (χ3v) is 13.0. The minimum Gasteiger partial charge on any atom is -0.310 e. The highest BCUT2D eigenvalue weighted by Gasteiger charge is 2.23. The molecule has 13 rings (SSSR count). The van der Waals surface area contributed by atoms with E-state index in [-0.39, 0.29) is 0 Å². The molecule has 0 aliphatic carbocycles. The maximum absolute atomic E-state index is 2.46. The van der Waals surface area contributed by atoms with Gasteiger partial charge < -0.3 is 18.6 Å². The maximum atomic E-state index is 2.46. The highest BCUT2D eigenvalue weighted by molar-refractivity contribution is 6.13. The second-order valence-corrected chi connectivity index (χ2v) is 16.6. The van der Waals surface area contributed by atoms with Crippen LogP contribution in [0.1, 0.15) is 0 Å². The number of nitrogens with zero attached hydrogens (tertiary/aromatic N) is 4. The second kappa shape index (κ2) is 14.5. The minimum atomic E-state index is 1.07. The summed E-state index contributed by atoms with van der Waals surface area (Å²) in [5, 5.41) is 7.38. The molecule has 0 spiro atoms.